The number of nitrogens with zero attached hydrogens (tertiary/aromatic N) is 4. The lowest BCUT2D eigenvalue weighted by Crippen LogP contribution is -2.46. The van der Waals surface area contributed by atoms with Crippen LogP contribution in [0.2, 0.25) is 0 Å². The van der Waals surface area contributed by atoms with Gasteiger partial charge in [-0.15, -0.1) is 0 Å². The molecule has 0 unspecified atom stereocenters. The Morgan fingerprint density at radius 3 is 2.83 bits per heavy atom. The van der Waals surface area contributed by atoms with Gasteiger partial charge in [0.25, 0.3) is 0 Å². The normalized spacial score (nSPS) is 29.6. The van der Waals surface area contributed by atoms with Crippen LogP contribution >= 0.6 is 0 Å². The molecule has 4 fully saturated rings. The van der Waals surface area contributed by atoms with Crippen LogP contribution in [0.3, 0.4) is 0 Å². The molecule has 3 saturated heterocycles. The first kappa shape index (κ1) is 15.6. The molecule has 0 spiro atoms. The Kier molecular flexibility index (Phi) is 4.72. The molecular weight excluding hydrogens is 284 g/mol. The van der Waals surface area contributed by atoms with Crippen LogP contribution in [0.1, 0.15) is 51.3 Å². The fourth-order valence-electron chi connectivity index (χ4n) is 4.77. The average Bonchev–Trinajstić information content (AvgIpc) is 2.75. The van der Waals surface area contributed by atoms with E-state index in [2.05, 4.69) is 32.5 Å². The van der Waals surface area contributed by atoms with Crippen molar-refractivity contribution in [3.05, 3.63) is 18.2 Å². The van der Waals surface area contributed by atoms with E-state index in [0.29, 0.717) is 0 Å². The second kappa shape index (κ2) is 6.94. The standard InChI is InChI=1S/C19H32N4/c1-2-9-22-10-8-20-19(22)15-21-11-17-6-7-18(14-21)23(13-17)12-16-4-3-5-16/h8,10,16-18H,2-7,9,11-15H2,1H3/t17-,18+/m1/s1. The van der Waals surface area contributed by atoms with Crippen LogP contribution in [0, 0.1) is 11.8 Å². The molecule has 3 aliphatic heterocycles. The van der Waals surface area contributed by atoms with Gasteiger partial charge >= 0.3 is 0 Å². The molecule has 0 radical (unpaired) electrons. The lowest BCUT2D eigenvalue weighted by Gasteiger charge is -2.40. The van der Waals surface area contributed by atoms with Gasteiger partial charge in [-0.1, -0.05) is 13.3 Å². The van der Waals surface area contributed by atoms with Crippen molar-refractivity contribution >= 4 is 0 Å². The van der Waals surface area contributed by atoms with Crippen LogP contribution < -0.4 is 0 Å². The summed E-state index contributed by atoms with van der Waals surface area (Å²) >= 11 is 0. The van der Waals surface area contributed by atoms with Crippen molar-refractivity contribution in [3.63, 3.8) is 0 Å². The molecule has 2 atom stereocenters. The van der Waals surface area contributed by atoms with Gasteiger partial charge in [0, 0.05) is 51.2 Å². The van der Waals surface area contributed by atoms with Crippen molar-refractivity contribution in [1.29, 1.82) is 0 Å². The summed E-state index contributed by atoms with van der Waals surface area (Å²) in [6.07, 6.45) is 12.6. The maximum absolute atomic E-state index is 4.63. The lowest BCUT2D eigenvalue weighted by molar-refractivity contribution is 0.0889. The van der Waals surface area contributed by atoms with E-state index in [-0.39, 0.29) is 0 Å². The molecule has 1 aliphatic carbocycles. The number of fused-ring (bicyclic) bond motifs is 4. The van der Waals surface area contributed by atoms with Gasteiger partial charge in [0.15, 0.2) is 0 Å². The van der Waals surface area contributed by atoms with Crippen molar-refractivity contribution in [2.24, 2.45) is 11.8 Å². The third-order valence-electron chi connectivity index (χ3n) is 6.25. The van der Waals surface area contributed by atoms with Crippen LogP contribution in [-0.4, -0.2) is 51.6 Å². The summed E-state index contributed by atoms with van der Waals surface area (Å²) in [5, 5.41) is 0. The molecule has 1 saturated carbocycles. The lowest BCUT2D eigenvalue weighted by atomic mass is 9.83. The van der Waals surface area contributed by atoms with Gasteiger partial charge < -0.3 is 4.57 Å². The number of aromatic nitrogens is 2. The number of hydrogen-bond acceptors (Lipinski definition) is 3. The van der Waals surface area contributed by atoms with E-state index >= 15 is 0 Å². The van der Waals surface area contributed by atoms with E-state index in [4.69, 9.17) is 0 Å². The topological polar surface area (TPSA) is 24.3 Å². The highest BCUT2D eigenvalue weighted by Gasteiger charge is 2.36. The quantitative estimate of drug-likeness (QED) is 0.806. The number of aryl methyl sites for hydroxylation is 1. The van der Waals surface area contributed by atoms with Gasteiger partial charge in [-0.05, 0) is 43.9 Å². The van der Waals surface area contributed by atoms with E-state index in [9.17, 15) is 0 Å². The molecule has 0 amide bonds. The number of piperidine rings is 1. The Morgan fingerprint density at radius 1 is 1.13 bits per heavy atom. The second-order valence-electron chi connectivity index (χ2n) is 8.08. The van der Waals surface area contributed by atoms with E-state index < -0.39 is 0 Å². The predicted octanol–water partition coefficient (Wildman–Crippen LogP) is 2.99. The predicted molar refractivity (Wildman–Crippen MR) is 93.2 cm³/mol. The molecule has 4 nitrogen and oxygen atoms in total. The fraction of sp³-hybridized carbons (Fsp3) is 0.842. The Balaban J connectivity index is 1.40. The van der Waals surface area contributed by atoms with Crippen molar-refractivity contribution in [1.82, 2.24) is 19.4 Å². The van der Waals surface area contributed by atoms with Gasteiger partial charge in [0.2, 0.25) is 0 Å². The first-order valence-electron chi connectivity index (χ1n) is 9.78. The van der Waals surface area contributed by atoms with Crippen molar-refractivity contribution in [2.45, 2.75) is 64.6 Å². The summed E-state index contributed by atoms with van der Waals surface area (Å²) < 4.78 is 2.35. The maximum atomic E-state index is 4.63. The third kappa shape index (κ3) is 3.48. The van der Waals surface area contributed by atoms with Crippen LogP contribution in [0.4, 0.5) is 0 Å². The minimum Gasteiger partial charge on any atom is -0.334 e. The third-order valence-corrected chi connectivity index (χ3v) is 6.25. The highest BCUT2D eigenvalue weighted by molar-refractivity contribution is 4.96. The summed E-state index contributed by atoms with van der Waals surface area (Å²) in [4.78, 5) is 10.2. The zero-order valence-corrected chi connectivity index (χ0v) is 14.7. The molecule has 4 heteroatoms. The van der Waals surface area contributed by atoms with Gasteiger partial charge in [-0.3, -0.25) is 9.80 Å². The second-order valence-corrected chi connectivity index (χ2v) is 8.08. The van der Waals surface area contributed by atoms with E-state index in [1.54, 1.807) is 0 Å². The van der Waals surface area contributed by atoms with E-state index in [0.717, 1.165) is 31.0 Å². The smallest absolute Gasteiger partial charge is 0.122 e. The molecule has 5 rings (SSSR count). The summed E-state index contributed by atoms with van der Waals surface area (Å²) in [5.41, 5.74) is 0. The average molecular weight is 316 g/mol. The zero-order valence-electron chi connectivity index (χ0n) is 14.7. The largest absolute Gasteiger partial charge is 0.334 e. The maximum Gasteiger partial charge on any atom is 0.122 e. The summed E-state index contributed by atoms with van der Waals surface area (Å²) in [7, 11) is 0. The van der Waals surface area contributed by atoms with Crippen molar-refractivity contribution < 1.29 is 0 Å². The van der Waals surface area contributed by atoms with Crippen LogP contribution in [0.15, 0.2) is 12.4 Å². The fourth-order valence-corrected chi connectivity index (χ4v) is 4.77. The number of imidazole rings is 1. The molecule has 2 bridgehead atoms. The SMILES string of the molecule is CCCn1ccnc1CN1C[C@H]2CC[C@@H](C1)N(CC1CCC1)C2. The van der Waals surface area contributed by atoms with Crippen molar-refractivity contribution in [3.8, 4) is 0 Å². The van der Waals surface area contributed by atoms with Crippen molar-refractivity contribution in [2.75, 3.05) is 26.2 Å². The first-order chi connectivity index (χ1) is 11.3. The Bertz CT molecular complexity index is 507. The van der Waals surface area contributed by atoms with Gasteiger partial charge in [-0.2, -0.15) is 0 Å². The Labute approximate surface area is 140 Å². The summed E-state index contributed by atoms with van der Waals surface area (Å²) in [6, 6.07) is 0.795. The highest BCUT2D eigenvalue weighted by atomic mass is 15.3. The van der Waals surface area contributed by atoms with Crippen LogP contribution in [0.5, 0.6) is 0 Å². The summed E-state index contributed by atoms with van der Waals surface area (Å²) in [6.45, 7) is 9.63. The number of rotatable bonds is 6. The molecule has 1 aromatic rings. The first-order valence-corrected chi connectivity index (χ1v) is 9.78. The molecular formula is C19H32N4. The molecule has 0 N–H and O–H groups in total. The molecule has 1 aromatic heterocycles. The van der Waals surface area contributed by atoms with Gasteiger partial charge in [-0.25, -0.2) is 4.98 Å². The van der Waals surface area contributed by atoms with Crippen LogP contribution in [-0.2, 0) is 13.1 Å². The zero-order chi connectivity index (χ0) is 15.6. The minimum atomic E-state index is 0.795. The highest BCUT2D eigenvalue weighted by Crippen LogP contribution is 2.33. The molecule has 4 aliphatic rings. The van der Waals surface area contributed by atoms with Crippen LogP contribution in [0.25, 0.3) is 0 Å². The minimum absolute atomic E-state index is 0.795. The molecule has 23 heavy (non-hydrogen) atoms. The van der Waals surface area contributed by atoms with Gasteiger partial charge in [0.05, 0.1) is 6.54 Å². The Morgan fingerprint density at radius 2 is 2.04 bits per heavy atom. The molecule has 128 valence electrons. The summed E-state index contributed by atoms with van der Waals surface area (Å²) in [5.74, 6) is 3.15. The monoisotopic (exact) mass is 316 g/mol. The molecule has 0 aromatic carbocycles. The van der Waals surface area contributed by atoms with E-state index in [1.807, 2.05) is 6.20 Å². The van der Waals surface area contributed by atoms with E-state index in [1.165, 1.54) is 70.5 Å². The van der Waals surface area contributed by atoms with Gasteiger partial charge in [0.1, 0.15) is 5.82 Å². The molecule has 4 heterocycles. The Hall–Kier alpha value is -0.870. The number of hydrogen-bond donors (Lipinski definition) is 0.